The van der Waals surface area contributed by atoms with Gasteiger partial charge >= 0.3 is 0 Å². The van der Waals surface area contributed by atoms with E-state index < -0.39 is 0 Å². The maximum absolute atomic E-state index is 10.9. The number of rotatable bonds is 2. The van der Waals surface area contributed by atoms with Crippen molar-refractivity contribution in [2.45, 2.75) is 27.7 Å². The molecule has 0 bridgehead atoms. The Morgan fingerprint density at radius 1 is 1.14 bits per heavy atom. The van der Waals surface area contributed by atoms with E-state index in [0.29, 0.717) is 0 Å². The van der Waals surface area contributed by atoms with Crippen molar-refractivity contribution in [2.24, 2.45) is 0 Å². The Morgan fingerprint density at radius 2 is 1.79 bits per heavy atom. The largest absolute Gasteiger partial charge is 0.295 e. The summed E-state index contributed by atoms with van der Waals surface area (Å²) in [6.45, 7) is 7.71. The zero-order valence-electron chi connectivity index (χ0n) is 9.22. The van der Waals surface area contributed by atoms with Gasteiger partial charge in [0.1, 0.15) is 0 Å². The van der Waals surface area contributed by atoms with Crippen molar-refractivity contribution in [1.29, 1.82) is 0 Å². The van der Waals surface area contributed by atoms with E-state index in [2.05, 4.69) is 32.0 Å². The maximum Gasteiger partial charge on any atom is 0.152 e. The number of benzene rings is 1. The molecule has 0 aliphatic rings. The lowest BCUT2D eigenvalue weighted by Crippen LogP contribution is -1.88. The molecule has 0 heterocycles. The van der Waals surface area contributed by atoms with Crippen LogP contribution in [-0.4, -0.2) is 5.78 Å². The van der Waals surface area contributed by atoms with Gasteiger partial charge in [-0.15, -0.1) is 0 Å². The molecule has 0 aromatic heterocycles. The predicted molar refractivity (Wildman–Crippen MR) is 60.2 cm³/mol. The summed E-state index contributed by atoms with van der Waals surface area (Å²) in [5.41, 5.74) is 4.70. The molecule has 0 fully saturated rings. The molecular formula is C13H16O. The van der Waals surface area contributed by atoms with Crippen molar-refractivity contribution in [1.82, 2.24) is 0 Å². The maximum atomic E-state index is 10.9. The molecule has 1 aromatic rings. The number of hydrogen-bond acceptors (Lipinski definition) is 1. The highest BCUT2D eigenvalue weighted by molar-refractivity contribution is 5.94. The van der Waals surface area contributed by atoms with Crippen molar-refractivity contribution >= 4 is 11.4 Å². The highest BCUT2D eigenvalue weighted by Crippen LogP contribution is 2.17. The SMILES string of the molecule is CC(=O)/C=C(/C)c1ccc(C)c(C)c1. The smallest absolute Gasteiger partial charge is 0.152 e. The molecule has 0 radical (unpaired) electrons. The van der Waals surface area contributed by atoms with Gasteiger partial charge in [-0.25, -0.2) is 0 Å². The van der Waals surface area contributed by atoms with Gasteiger partial charge in [-0.3, -0.25) is 4.79 Å². The first-order valence-corrected chi connectivity index (χ1v) is 4.77. The molecule has 0 aliphatic carbocycles. The van der Waals surface area contributed by atoms with Crippen LogP contribution >= 0.6 is 0 Å². The van der Waals surface area contributed by atoms with Crippen LogP contribution in [0.3, 0.4) is 0 Å². The molecule has 0 spiro atoms. The zero-order chi connectivity index (χ0) is 10.7. The van der Waals surface area contributed by atoms with Crippen molar-refractivity contribution in [3.8, 4) is 0 Å². The van der Waals surface area contributed by atoms with E-state index >= 15 is 0 Å². The average Bonchev–Trinajstić information content (AvgIpc) is 2.08. The first-order valence-electron chi connectivity index (χ1n) is 4.77. The van der Waals surface area contributed by atoms with Gasteiger partial charge in [0.2, 0.25) is 0 Å². The number of aryl methyl sites for hydroxylation is 2. The molecular weight excluding hydrogens is 172 g/mol. The lowest BCUT2D eigenvalue weighted by molar-refractivity contribution is -0.112. The fourth-order valence-corrected chi connectivity index (χ4v) is 1.37. The van der Waals surface area contributed by atoms with Crippen LogP contribution in [0.2, 0.25) is 0 Å². The van der Waals surface area contributed by atoms with Crippen LogP contribution in [0.25, 0.3) is 5.57 Å². The van der Waals surface area contributed by atoms with Crippen LogP contribution in [-0.2, 0) is 4.79 Å². The summed E-state index contributed by atoms with van der Waals surface area (Å²) in [4.78, 5) is 10.9. The second-order valence-electron chi connectivity index (χ2n) is 3.74. The van der Waals surface area contributed by atoms with Crippen LogP contribution < -0.4 is 0 Å². The van der Waals surface area contributed by atoms with Crippen LogP contribution in [0.5, 0.6) is 0 Å². The lowest BCUT2D eigenvalue weighted by atomic mass is 10.0. The Bertz CT molecular complexity index is 386. The lowest BCUT2D eigenvalue weighted by Gasteiger charge is -2.04. The Balaban J connectivity index is 3.09. The van der Waals surface area contributed by atoms with E-state index in [0.717, 1.165) is 11.1 Å². The van der Waals surface area contributed by atoms with Gasteiger partial charge in [-0.2, -0.15) is 0 Å². The quantitative estimate of drug-likeness (QED) is 0.651. The van der Waals surface area contributed by atoms with E-state index in [1.807, 2.05) is 6.92 Å². The minimum atomic E-state index is 0.0979. The van der Waals surface area contributed by atoms with Crippen LogP contribution in [0.1, 0.15) is 30.5 Å². The van der Waals surface area contributed by atoms with Gasteiger partial charge in [-0.1, -0.05) is 18.2 Å². The molecule has 1 aromatic carbocycles. The Hall–Kier alpha value is -1.37. The van der Waals surface area contributed by atoms with E-state index in [1.165, 1.54) is 11.1 Å². The minimum absolute atomic E-state index is 0.0979. The van der Waals surface area contributed by atoms with Gasteiger partial charge in [-0.05, 0) is 56.0 Å². The minimum Gasteiger partial charge on any atom is -0.295 e. The highest BCUT2D eigenvalue weighted by Gasteiger charge is 1.99. The fourth-order valence-electron chi connectivity index (χ4n) is 1.37. The molecule has 1 nitrogen and oxygen atoms in total. The molecule has 0 N–H and O–H groups in total. The third kappa shape index (κ3) is 2.56. The standard InChI is InChI=1S/C13H16O/c1-9-5-6-13(8-10(9)2)11(3)7-12(4)14/h5-8H,1-4H3/b11-7-. The molecule has 14 heavy (non-hydrogen) atoms. The monoisotopic (exact) mass is 188 g/mol. The van der Waals surface area contributed by atoms with Crippen LogP contribution in [0.4, 0.5) is 0 Å². The van der Waals surface area contributed by atoms with Crippen molar-refractivity contribution < 1.29 is 4.79 Å². The number of ketones is 1. The summed E-state index contributed by atoms with van der Waals surface area (Å²) in [5.74, 6) is 0.0979. The summed E-state index contributed by atoms with van der Waals surface area (Å²) in [6, 6.07) is 6.25. The Kier molecular flexibility index (Phi) is 3.23. The summed E-state index contributed by atoms with van der Waals surface area (Å²) in [5, 5.41) is 0. The molecule has 1 rings (SSSR count). The first-order chi connectivity index (χ1) is 6.50. The van der Waals surface area contributed by atoms with E-state index in [4.69, 9.17) is 0 Å². The van der Waals surface area contributed by atoms with Gasteiger partial charge in [0.15, 0.2) is 5.78 Å². The summed E-state index contributed by atoms with van der Waals surface area (Å²) in [7, 11) is 0. The van der Waals surface area contributed by atoms with Crippen molar-refractivity contribution in [3.05, 3.63) is 41.0 Å². The number of allylic oxidation sites excluding steroid dienone is 2. The normalized spacial score (nSPS) is 11.6. The summed E-state index contributed by atoms with van der Waals surface area (Å²) < 4.78 is 0. The molecule has 74 valence electrons. The van der Waals surface area contributed by atoms with E-state index in [1.54, 1.807) is 13.0 Å². The molecule has 1 heteroatoms. The second-order valence-corrected chi connectivity index (χ2v) is 3.74. The third-order valence-electron chi connectivity index (χ3n) is 2.38. The first kappa shape index (κ1) is 10.7. The van der Waals surface area contributed by atoms with E-state index in [-0.39, 0.29) is 5.78 Å². The average molecular weight is 188 g/mol. The molecule has 0 amide bonds. The van der Waals surface area contributed by atoms with Crippen LogP contribution in [0, 0.1) is 13.8 Å². The van der Waals surface area contributed by atoms with Crippen LogP contribution in [0.15, 0.2) is 24.3 Å². The molecule has 0 saturated carbocycles. The molecule has 0 saturated heterocycles. The summed E-state index contributed by atoms with van der Waals surface area (Å²) >= 11 is 0. The molecule has 0 atom stereocenters. The molecule has 0 unspecified atom stereocenters. The zero-order valence-corrected chi connectivity index (χ0v) is 9.22. The highest BCUT2D eigenvalue weighted by atomic mass is 16.1. The number of carbonyl (C=O) groups is 1. The van der Waals surface area contributed by atoms with E-state index in [9.17, 15) is 4.79 Å². The Morgan fingerprint density at radius 3 is 2.29 bits per heavy atom. The van der Waals surface area contributed by atoms with Crippen molar-refractivity contribution in [3.63, 3.8) is 0 Å². The van der Waals surface area contributed by atoms with Crippen molar-refractivity contribution in [2.75, 3.05) is 0 Å². The number of hydrogen-bond donors (Lipinski definition) is 0. The summed E-state index contributed by atoms with van der Waals surface area (Å²) in [6.07, 6.45) is 1.67. The van der Waals surface area contributed by atoms with Gasteiger partial charge < -0.3 is 0 Å². The predicted octanol–water partition coefficient (Wildman–Crippen LogP) is 3.30. The number of carbonyl (C=O) groups excluding carboxylic acids is 1. The van der Waals surface area contributed by atoms with Gasteiger partial charge in [0.05, 0.1) is 0 Å². The molecule has 0 aliphatic heterocycles. The Labute approximate surface area is 85.5 Å². The topological polar surface area (TPSA) is 17.1 Å². The fraction of sp³-hybridized carbons (Fsp3) is 0.308. The van der Waals surface area contributed by atoms with Gasteiger partial charge in [0.25, 0.3) is 0 Å². The second kappa shape index (κ2) is 4.23. The third-order valence-corrected chi connectivity index (χ3v) is 2.38. The van der Waals surface area contributed by atoms with Gasteiger partial charge in [0, 0.05) is 0 Å².